The number of ether oxygens (including phenoxy) is 1. The molecule has 0 radical (unpaired) electrons. The van der Waals surface area contributed by atoms with Crippen molar-refractivity contribution in [2.75, 3.05) is 23.8 Å². The van der Waals surface area contributed by atoms with Crippen LogP contribution in [0.1, 0.15) is 24.2 Å². The van der Waals surface area contributed by atoms with Crippen LogP contribution in [0.3, 0.4) is 0 Å². The quantitative estimate of drug-likeness (QED) is 0.311. The molecule has 11 heteroatoms. The van der Waals surface area contributed by atoms with Gasteiger partial charge in [0.15, 0.2) is 5.75 Å². The van der Waals surface area contributed by atoms with Crippen LogP contribution in [0.25, 0.3) is 21.9 Å². The Morgan fingerprint density at radius 1 is 1.34 bits per heavy atom. The monoisotopic (exact) mass is 475 g/mol. The third-order valence-corrected chi connectivity index (χ3v) is 7.13. The molecule has 4 aromatic rings. The fourth-order valence-electron chi connectivity index (χ4n) is 5.43. The first-order valence-electron chi connectivity index (χ1n) is 11.7. The van der Waals surface area contributed by atoms with Crippen LogP contribution in [0, 0.1) is 24.1 Å². The summed E-state index contributed by atoms with van der Waals surface area (Å²) in [6.07, 6.45) is 6.36. The number of benzene rings is 1. The summed E-state index contributed by atoms with van der Waals surface area (Å²) in [4.78, 5) is 23.4. The molecule has 0 saturated carbocycles. The van der Waals surface area contributed by atoms with E-state index < -0.39 is 0 Å². The number of H-pyrrole nitrogens is 1. The molecule has 180 valence electrons. The zero-order chi connectivity index (χ0) is 24.3. The number of aryl methyl sites for hydroxylation is 1. The van der Waals surface area contributed by atoms with Gasteiger partial charge in [0.05, 0.1) is 29.0 Å². The summed E-state index contributed by atoms with van der Waals surface area (Å²) in [5, 5.41) is 12.1. The molecule has 5 N–H and O–H groups in total. The maximum Gasteiger partial charge on any atom is 0.326 e. The topological polar surface area (TPSA) is 142 Å². The fraction of sp³-hybridized carbons (Fsp3) is 0.375. The van der Waals surface area contributed by atoms with Crippen LogP contribution in [0.2, 0.25) is 0 Å². The van der Waals surface area contributed by atoms with Crippen molar-refractivity contribution in [3.63, 3.8) is 0 Å². The standard InChI is InChI=1S/C24H26FN9O/c1-11-29-8-14(9-30-11)35-24-32-22-20-19-15(16(25)7-18(28-2)21(19)31-22)6-13-5-12(17(27)3-4-26)10-34(13)23(20)33-24/h4,7-9,12-13,17,26,28H,3,5-6,10,27H2,1-2H3,(H,31,32,33)/t12-,13+,17-/m1/s1. The lowest BCUT2D eigenvalue weighted by Crippen LogP contribution is -2.34. The normalized spacial score (nSPS) is 19.7. The lowest BCUT2D eigenvalue weighted by Gasteiger charge is -2.25. The average Bonchev–Trinajstić information content (AvgIpc) is 3.40. The highest BCUT2D eigenvalue weighted by molar-refractivity contribution is 6.16. The average molecular weight is 476 g/mol. The van der Waals surface area contributed by atoms with Crippen molar-refractivity contribution < 1.29 is 9.13 Å². The van der Waals surface area contributed by atoms with Crippen molar-refractivity contribution in [3.05, 3.63) is 35.7 Å². The first kappa shape index (κ1) is 21.7. The van der Waals surface area contributed by atoms with Crippen LogP contribution in [0.4, 0.5) is 15.9 Å². The number of hydrogen-bond acceptors (Lipinski definition) is 9. The van der Waals surface area contributed by atoms with Crippen molar-refractivity contribution in [2.24, 2.45) is 11.7 Å². The Kier molecular flexibility index (Phi) is 5.03. The second-order valence-electron chi connectivity index (χ2n) is 9.24. The van der Waals surface area contributed by atoms with E-state index in [1.54, 1.807) is 26.4 Å². The molecular weight excluding hydrogens is 449 g/mol. The van der Waals surface area contributed by atoms with E-state index in [1.807, 2.05) is 0 Å². The van der Waals surface area contributed by atoms with E-state index in [0.29, 0.717) is 53.7 Å². The Morgan fingerprint density at radius 2 is 2.14 bits per heavy atom. The molecular formula is C24H26FN9O. The number of fused-ring (bicyclic) bond motifs is 2. The Hall–Kier alpha value is -3.86. The van der Waals surface area contributed by atoms with Crippen molar-refractivity contribution in [3.8, 4) is 11.8 Å². The van der Waals surface area contributed by atoms with E-state index in [1.165, 1.54) is 12.3 Å². The number of anilines is 2. The highest BCUT2D eigenvalue weighted by atomic mass is 19.1. The number of nitrogens with zero attached hydrogens (tertiary/aromatic N) is 5. The molecule has 3 aromatic heterocycles. The molecule has 0 unspecified atom stereocenters. The Morgan fingerprint density at radius 3 is 2.89 bits per heavy atom. The Balaban J connectivity index is 1.55. The first-order chi connectivity index (χ1) is 17.0. The highest BCUT2D eigenvalue weighted by Gasteiger charge is 2.40. The number of halogens is 1. The van der Waals surface area contributed by atoms with Gasteiger partial charge in [-0.25, -0.2) is 14.4 Å². The van der Waals surface area contributed by atoms with Gasteiger partial charge in [0.1, 0.15) is 23.1 Å². The molecule has 5 heterocycles. The minimum Gasteiger partial charge on any atom is -0.421 e. The van der Waals surface area contributed by atoms with E-state index >= 15 is 4.39 Å². The SMILES string of the molecule is CNc1cc(F)c2c3c1[nH]c1nc(Oc4cnc(C)nc4)nc(c13)N1C[C@H]([C@H](N)CC=N)C[C@H]1C2. The summed E-state index contributed by atoms with van der Waals surface area (Å²) in [6, 6.07) is 1.58. The van der Waals surface area contributed by atoms with Gasteiger partial charge in [0.25, 0.3) is 0 Å². The zero-order valence-electron chi connectivity index (χ0n) is 19.5. The summed E-state index contributed by atoms with van der Waals surface area (Å²) in [5.74, 6) is 1.68. The van der Waals surface area contributed by atoms with Gasteiger partial charge in [0.2, 0.25) is 0 Å². The Bertz CT molecular complexity index is 1450. The van der Waals surface area contributed by atoms with Crippen LogP contribution in [0.5, 0.6) is 11.8 Å². The van der Waals surface area contributed by atoms with Crippen LogP contribution < -0.4 is 20.7 Å². The molecule has 1 fully saturated rings. The lowest BCUT2D eigenvalue weighted by atomic mass is 9.92. The summed E-state index contributed by atoms with van der Waals surface area (Å²) < 4.78 is 21.4. The summed E-state index contributed by atoms with van der Waals surface area (Å²) in [6.45, 7) is 2.47. The highest BCUT2D eigenvalue weighted by Crippen LogP contribution is 2.45. The van der Waals surface area contributed by atoms with Crippen molar-refractivity contribution >= 4 is 39.7 Å². The minimum absolute atomic E-state index is 0.0241. The predicted octanol–water partition coefficient (Wildman–Crippen LogP) is 3.30. The zero-order valence-corrected chi connectivity index (χ0v) is 19.5. The number of aromatic amines is 1. The molecule has 1 saturated heterocycles. The second-order valence-corrected chi connectivity index (χ2v) is 9.24. The molecule has 6 rings (SSSR count). The minimum atomic E-state index is -0.250. The van der Waals surface area contributed by atoms with Gasteiger partial charge in [0, 0.05) is 36.6 Å². The number of nitrogens with two attached hydrogens (primary N) is 1. The third-order valence-electron chi connectivity index (χ3n) is 7.13. The fourth-order valence-corrected chi connectivity index (χ4v) is 5.43. The summed E-state index contributed by atoms with van der Waals surface area (Å²) in [5.41, 5.74) is 9.09. The molecule has 3 atom stereocenters. The maximum absolute atomic E-state index is 15.4. The van der Waals surface area contributed by atoms with Gasteiger partial charge in [-0.15, -0.1) is 0 Å². The molecule has 1 aromatic carbocycles. The molecule has 0 bridgehead atoms. The molecule has 2 aliphatic heterocycles. The van der Waals surface area contributed by atoms with Crippen molar-refractivity contribution in [1.82, 2.24) is 24.9 Å². The first-order valence-corrected chi connectivity index (χ1v) is 11.7. The number of hydrogen-bond donors (Lipinski definition) is 4. The number of aromatic nitrogens is 5. The van der Waals surface area contributed by atoms with Crippen molar-refractivity contribution in [2.45, 2.75) is 38.3 Å². The number of nitrogens with one attached hydrogen (secondary N) is 3. The maximum atomic E-state index is 15.4. The Labute approximate surface area is 200 Å². The van der Waals surface area contributed by atoms with Gasteiger partial charge in [-0.2, -0.15) is 9.97 Å². The van der Waals surface area contributed by atoms with Crippen LogP contribution in [-0.2, 0) is 6.42 Å². The van der Waals surface area contributed by atoms with E-state index in [4.69, 9.17) is 20.9 Å². The van der Waals surface area contributed by atoms with Gasteiger partial charge < -0.3 is 31.1 Å². The van der Waals surface area contributed by atoms with Crippen LogP contribution >= 0.6 is 0 Å². The second kappa shape index (κ2) is 8.12. The van der Waals surface area contributed by atoms with Crippen molar-refractivity contribution in [1.29, 1.82) is 5.41 Å². The molecule has 0 amide bonds. The lowest BCUT2D eigenvalue weighted by molar-refractivity contribution is 0.438. The third kappa shape index (κ3) is 3.45. The molecule has 0 aliphatic carbocycles. The smallest absolute Gasteiger partial charge is 0.326 e. The van der Waals surface area contributed by atoms with Gasteiger partial charge >= 0.3 is 6.01 Å². The van der Waals surface area contributed by atoms with Crippen LogP contribution in [0.15, 0.2) is 18.5 Å². The van der Waals surface area contributed by atoms with E-state index in [0.717, 1.165) is 22.7 Å². The van der Waals surface area contributed by atoms with Gasteiger partial charge in [-0.3, -0.25) is 0 Å². The van der Waals surface area contributed by atoms with E-state index in [9.17, 15) is 0 Å². The molecule has 2 aliphatic rings. The summed E-state index contributed by atoms with van der Waals surface area (Å²) >= 11 is 0. The summed E-state index contributed by atoms with van der Waals surface area (Å²) in [7, 11) is 1.77. The van der Waals surface area contributed by atoms with E-state index in [2.05, 4.69) is 30.2 Å². The molecule has 10 nitrogen and oxygen atoms in total. The van der Waals surface area contributed by atoms with Gasteiger partial charge in [-0.05, 0) is 44.4 Å². The largest absolute Gasteiger partial charge is 0.421 e. The predicted molar refractivity (Wildman–Crippen MR) is 132 cm³/mol. The molecule has 35 heavy (non-hydrogen) atoms. The van der Waals surface area contributed by atoms with Crippen LogP contribution in [-0.4, -0.2) is 56.8 Å². The molecule has 0 spiro atoms. The van der Waals surface area contributed by atoms with E-state index in [-0.39, 0.29) is 29.8 Å². The van der Waals surface area contributed by atoms with Gasteiger partial charge in [-0.1, -0.05) is 0 Å². The number of rotatable bonds is 6.